The number of hydrogen-bond donors (Lipinski definition) is 1. The maximum Gasteiger partial charge on any atom is 0.338 e. The Morgan fingerprint density at radius 3 is 1.46 bits per heavy atom. The highest BCUT2D eigenvalue weighted by Crippen LogP contribution is 2.38. The molecule has 5 aromatic carbocycles. The van der Waals surface area contributed by atoms with Gasteiger partial charge < -0.3 is 76.2 Å². The van der Waals surface area contributed by atoms with Crippen molar-refractivity contribution in [3.63, 3.8) is 0 Å². The summed E-state index contributed by atoms with van der Waals surface area (Å²) in [4.78, 5) is 64.5. The third-order valence-electron chi connectivity index (χ3n) is 13.6. The first-order chi connectivity index (χ1) is 40.2. The lowest BCUT2D eigenvalue weighted by molar-refractivity contribution is -0.370. The summed E-state index contributed by atoms with van der Waals surface area (Å²) in [5, 5.41) is 11.2. The van der Waals surface area contributed by atoms with E-state index in [0.29, 0.717) is 5.75 Å². The predicted octanol–water partition coefficient (Wildman–Crippen LogP) is 6.51. The van der Waals surface area contributed by atoms with Gasteiger partial charge in [-0.1, -0.05) is 121 Å². The molecule has 3 saturated heterocycles. The summed E-state index contributed by atoms with van der Waals surface area (Å²) in [7, 11) is 1.49. The average Bonchev–Trinajstić information content (AvgIpc) is 3.68. The van der Waals surface area contributed by atoms with E-state index in [4.69, 9.17) is 71.1 Å². The van der Waals surface area contributed by atoms with Crippen molar-refractivity contribution < 1.29 is 100 Å². The normalized spacial score (nSPS) is 26.9. The van der Waals surface area contributed by atoms with Gasteiger partial charge in [-0.05, 0) is 46.5 Å². The minimum absolute atomic E-state index is 0.0224. The van der Waals surface area contributed by atoms with Gasteiger partial charge >= 0.3 is 29.8 Å². The molecule has 21 heteroatoms. The number of carbonyl (C=O) groups is 5. The molecule has 3 fully saturated rings. The van der Waals surface area contributed by atoms with Crippen molar-refractivity contribution in [1.29, 1.82) is 0 Å². The van der Waals surface area contributed by atoms with E-state index in [1.807, 2.05) is 121 Å². The topological polar surface area (TPSA) is 244 Å². The summed E-state index contributed by atoms with van der Waals surface area (Å²) in [5.74, 6) is -3.53. The van der Waals surface area contributed by atoms with Crippen LogP contribution in [-0.4, -0.2) is 148 Å². The molecule has 3 heterocycles. The second kappa shape index (κ2) is 30.9. The number of ether oxygens (including phenoxy) is 15. The zero-order valence-corrected chi connectivity index (χ0v) is 46.7. The third-order valence-corrected chi connectivity index (χ3v) is 13.6. The van der Waals surface area contributed by atoms with E-state index in [2.05, 4.69) is 0 Å². The van der Waals surface area contributed by atoms with Crippen LogP contribution in [0.15, 0.2) is 146 Å². The van der Waals surface area contributed by atoms with Crippen LogP contribution in [0.4, 0.5) is 0 Å². The standard InChI is InChI=1S/C62H70O21/c1-38(63)71-37-52-54(56(77-40(3)65)57(60(68)79-52)78-41(4)66)83-61-49(76-39(2)64)30-48(50(81-61)36-75-59(67)46-26-28-47(69-5)29-27-46)80-62-58(74-34-45-24-16-9-17-25-45)55(73-33-44-22-14-8-15-23-44)53(72-32-43-20-12-7-13-21-43)51(82-62)35-70-31-42-18-10-6-11-19-42/h6-29,48-58,60-62,68H,30-37H2,1-5H3/t48-,49-,50-,51-,52-,53+,54-,55+,56+,57-,58-,60-,61+,62+/m1/s1. The van der Waals surface area contributed by atoms with Crippen molar-refractivity contribution in [2.24, 2.45) is 0 Å². The SMILES string of the molecule is COc1ccc(C(=O)OC[C@H]2O[C@@H](O[C@H]3[C@H](OC(C)=O)[C@@H](OC(C)=O)[C@H](O)O[C@@H]3COC(C)=O)[C@H](OC(C)=O)C[C@H]2O[C@H]2O[C@H](COCc3ccccc3)[C@H](OCc3ccccc3)[C@H](OCc3ccccc3)[C@H]2OCc2ccccc2)cc1. The molecule has 5 aromatic rings. The Morgan fingerprint density at radius 2 is 0.928 bits per heavy atom. The lowest BCUT2D eigenvalue weighted by atomic mass is 9.96. The molecular formula is C62H70O21. The van der Waals surface area contributed by atoms with Gasteiger partial charge in [0.15, 0.2) is 37.2 Å². The van der Waals surface area contributed by atoms with Crippen LogP contribution in [0.5, 0.6) is 5.75 Å². The van der Waals surface area contributed by atoms with Crippen LogP contribution in [0.25, 0.3) is 0 Å². The smallest absolute Gasteiger partial charge is 0.338 e. The van der Waals surface area contributed by atoms with Gasteiger partial charge in [0.2, 0.25) is 0 Å². The largest absolute Gasteiger partial charge is 0.497 e. The summed E-state index contributed by atoms with van der Waals surface area (Å²) >= 11 is 0. The molecule has 8 rings (SSSR count). The van der Waals surface area contributed by atoms with E-state index in [1.54, 1.807) is 12.1 Å². The molecule has 3 aliphatic heterocycles. The van der Waals surface area contributed by atoms with E-state index in [0.717, 1.165) is 43.0 Å². The summed E-state index contributed by atoms with van der Waals surface area (Å²) < 4.78 is 94.1. The number of aliphatic hydroxyl groups excluding tert-OH is 1. The molecular weight excluding hydrogens is 1080 g/mol. The van der Waals surface area contributed by atoms with Crippen LogP contribution >= 0.6 is 0 Å². The van der Waals surface area contributed by atoms with Gasteiger partial charge in [-0.2, -0.15) is 0 Å². The number of carbonyl (C=O) groups excluding carboxylic acids is 5. The molecule has 3 aliphatic rings. The van der Waals surface area contributed by atoms with Crippen molar-refractivity contribution >= 4 is 29.8 Å². The average molecular weight is 1150 g/mol. The maximum atomic E-state index is 13.9. The summed E-state index contributed by atoms with van der Waals surface area (Å²) in [6.07, 6.45) is -19.2. The molecule has 0 aliphatic carbocycles. The summed E-state index contributed by atoms with van der Waals surface area (Å²) in [6.45, 7) is 3.89. The fraction of sp³-hybridized carbons (Fsp3) is 0.435. The fourth-order valence-electron chi connectivity index (χ4n) is 9.75. The van der Waals surface area contributed by atoms with Gasteiger partial charge in [-0.3, -0.25) is 19.2 Å². The van der Waals surface area contributed by atoms with E-state index in [-0.39, 0.29) is 45.0 Å². The number of hydrogen-bond acceptors (Lipinski definition) is 21. The maximum absolute atomic E-state index is 13.9. The predicted molar refractivity (Wildman–Crippen MR) is 290 cm³/mol. The molecule has 1 N–H and O–H groups in total. The van der Waals surface area contributed by atoms with Gasteiger partial charge in [0.25, 0.3) is 0 Å². The quantitative estimate of drug-likeness (QED) is 0.0458. The van der Waals surface area contributed by atoms with Crippen LogP contribution in [0.3, 0.4) is 0 Å². The third kappa shape index (κ3) is 18.2. The molecule has 0 aromatic heterocycles. The Balaban J connectivity index is 1.19. The fourth-order valence-corrected chi connectivity index (χ4v) is 9.75. The number of rotatable bonds is 26. The van der Waals surface area contributed by atoms with Gasteiger partial charge in [-0.25, -0.2) is 4.79 Å². The van der Waals surface area contributed by atoms with Crippen LogP contribution in [0.1, 0.15) is 66.7 Å². The Labute approximate surface area is 481 Å². The molecule has 0 amide bonds. The Morgan fingerprint density at radius 1 is 0.446 bits per heavy atom. The zero-order valence-electron chi connectivity index (χ0n) is 46.7. The van der Waals surface area contributed by atoms with E-state index in [9.17, 15) is 29.1 Å². The van der Waals surface area contributed by atoms with Crippen LogP contribution < -0.4 is 4.74 Å². The Kier molecular flexibility index (Phi) is 23.1. The Hall–Kier alpha value is -7.15. The van der Waals surface area contributed by atoms with Crippen molar-refractivity contribution in [1.82, 2.24) is 0 Å². The van der Waals surface area contributed by atoms with Crippen molar-refractivity contribution in [2.75, 3.05) is 26.9 Å². The highest BCUT2D eigenvalue weighted by molar-refractivity contribution is 5.89. The molecule has 444 valence electrons. The van der Waals surface area contributed by atoms with E-state index >= 15 is 0 Å². The number of benzene rings is 5. The number of esters is 5. The number of methoxy groups -OCH3 is 1. The highest BCUT2D eigenvalue weighted by atomic mass is 16.8. The Bertz CT molecular complexity index is 2810. The van der Waals surface area contributed by atoms with Gasteiger partial charge in [0.1, 0.15) is 61.7 Å². The van der Waals surface area contributed by atoms with Crippen LogP contribution in [-0.2, 0) is 112 Å². The molecule has 0 saturated carbocycles. The van der Waals surface area contributed by atoms with Crippen LogP contribution in [0, 0.1) is 0 Å². The molecule has 0 spiro atoms. The van der Waals surface area contributed by atoms with Crippen molar-refractivity contribution in [3.05, 3.63) is 173 Å². The lowest BCUT2D eigenvalue weighted by Crippen LogP contribution is -2.65. The minimum Gasteiger partial charge on any atom is -0.497 e. The minimum atomic E-state index is -1.91. The van der Waals surface area contributed by atoms with Gasteiger partial charge in [0, 0.05) is 34.1 Å². The van der Waals surface area contributed by atoms with E-state index < -0.39 is 129 Å². The number of aliphatic hydroxyl groups is 1. The first-order valence-corrected chi connectivity index (χ1v) is 27.2. The molecule has 0 bridgehead atoms. The second-order valence-corrected chi connectivity index (χ2v) is 19.9. The summed E-state index contributed by atoms with van der Waals surface area (Å²) in [6, 6.07) is 44.5. The molecule has 83 heavy (non-hydrogen) atoms. The lowest BCUT2D eigenvalue weighted by Gasteiger charge is -2.49. The van der Waals surface area contributed by atoms with Gasteiger partial charge in [-0.15, -0.1) is 0 Å². The summed E-state index contributed by atoms with van der Waals surface area (Å²) in [5.41, 5.74) is 3.63. The second-order valence-electron chi connectivity index (χ2n) is 19.9. The van der Waals surface area contributed by atoms with Crippen molar-refractivity contribution in [3.8, 4) is 5.75 Å². The molecule has 21 nitrogen and oxygen atoms in total. The molecule has 0 radical (unpaired) electrons. The zero-order chi connectivity index (χ0) is 58.7. The molecule has 14 atom stereocenters. The highest BCUT2D eigenvalue weighted by Gasteiger charge is 2.55. The molecule has 0 unspecified atom stereocenters. The monoisotopic (exact) mass is 1150 g/mol. The van der Waals surface area contributed by atoms with Crippen LogP contribution in [0.2, 0.25) is 0 Å². The van der Waals surface area contributed by atoms with E-state index in [1.165, 1.54) is 26.2 Å². The van der Waals surface area contributed by atoms with Gasteiger partial charge in [0.05, 0.1) is 51.8 Å². The first kappa shape index (κ1) is 61.9. The first-order valence-electron chi connectivity index (χ1n) is 27.2. The van der Waals surface area contributed by atoms with Crippen molar-refractivity contribution in [2.45, 2.75) is 147 Å².